The summed E-state index contributed by atoms with van der Waals surface area (Å²) in [5.41, 5.74) is 1.38. The molecule has 0 saturated carbocycles. The second-order valence-corrected chi connectivity index (χ2v) is 8.90. The van der Waals surface area contributed by atoms with Crippen molar-refractivity contribution in [2.45, 2.75) is 46.6 Å². The van der Waals surface area contributed by atoms with Crippen LogP contribution in [0.1, 0.15) is 62.5 Å². The van der Waals surface area contributed by atoms with Crippen molar-refractivity contribution in [2.24, 2.45) is 11.8 Å². The van der Waals surface area contributed by atoms with E-state index in [4.69, 9.17) is 9.47 Å². The molecule has 0 unspecified atom stereocenters. The molecule has 3 rings (SSSR count). The SMILES string of the molecule is CCOc1ccc([C@@H](NC(=O)[C@@H]2CCCN(C(=O)c3ccc(F)cc3)C2)C(C)C)cc1OCC. The van der Waals surface area contributed by atoms with Gasteiger partial charge in [0, 0.05) is 18.7 Å². The molecule has 0 bridgehead atoms. The van der Waals surface area contributed by atoms with E-state index in [1.807, 2.05) is 32.0 Å². The van der Waals surface area contributed by atoms with E-state index in [-0.39, 0.29) is 35.5 Å². The Balaban J connectivity index is 1.72. The van der Waals surface area contributed by atoms with Crippen LogP contribution < -0.4 is 14.8 Å². The van der Waals surface area contributed by atoms with Gasteiger partial charge in [0.15, 0.2) is 11.5 Å². The predicted octanol–water partition coefficient (Wildman–Crippen LogP) is 4.99. The molecule has 1 aliphatic heterocycles. The number of rotatable bonds is 9. The first kappa shape index (κ1) is 25.5. The van der Waals surface area contributed by atoms with Crippen LogP contribution in [0.4, 0.5) is 4.39 Å². The topological polar surface area (TPSA) is 67.9 Å². The van der Waals surface area contributed by atoms with Gasteiger partial charge in [0.1, 0.15) is 5.82 Å². The summed E-state index contributed by atoms with van der Waals surface area (Å²) in [6.45, 7) is 9.96. The molecule has 2 amide bonds. The van der Waals surface area contributed by atoms with Crippen LogP contribution in [0.2, 0.25) is 0 Å². The van der Waals surface area contributed by atoms with E-state index in [1.54, 1.807) is 4.90 Å². The molecule has 2 aromatic carbocycles. The Hall–Kier alpha value is -3.09. The Morgan fingerprint density at radius 1 is 1.06 bits per heavy atom. The number of hydrogen-bond donors (Lipinski definition) is 1. The quantitative estimate of drug-likeness (QED) is 0.561. The first-order chi connectivity index (χ1) is 16.3. The summed E-state index contributed by atoms with van der Waals surface area (Å²) in [7, 11) is 0. The zero-order valence-corrected chi connectivity index (χ0v) is 20.5. The summed E-state index contributed by atoms with van der Waals surface area (Å²) in [6, 6.07) is 11.1. The highest BCUT2D eigenvalue weighted by Crippen LogP contribution is 2.33. The molecule has 0 aliphatic carbocycles. The van der Waals surface area contributed by atoms with Crippen LogP contribution in [0.5, 0.6) is 11.5 Å². The lowest BCUT2D eigenvalue weighted by atomic mass is 9.92. The molecular formula is C27H35FN2O4. The molecule has 1 fully saturated rings. The van der Waals surface area contributed by atoms with Crippen LogP contribution in [-0.4, -0.2) is 43.0 Å². The number of amides is 2. The van der Waals surface area contributed by atoms with E-state index in [0.717, 1.165) is 18.4 Å². The molecule has 1 aliphatic rings. The zero-order chi connectivity index (χ0) is 24.7. The van der Waals surface area contributed by atoms with Crippen molar-refractivity contribution in [1.29, 1.82) is 0 Å². The van der Waals surface area contributed by atoms with Gasteiger partial charge in [-0.1, -0.05) is 19.9 Å². The third-order valence-electron chi connectivity index (χ3n) is 6.06. The average molecular weight is 471 g/mol. The van der Waals surface area contributed by atoms with Gasteiger partial charge in [-0.2, -0.15) is 0 Å². The third kappa shape index (κ3) is 6.27. The summed E-state index contributed by atoms with van der Waals surface area (Å²) < 4.78 is 24.7. The average Bonchev–Trinajstić information content (AvgIpc) is 2.84. The third-order valence-corrected chi connectivity index (χ3v) is 6.06. The maximum Gasteiger partial charge on any atom is 0.253 e. The fourth-order valence-electron chi connectivity index (χ4n) is 4.32. The van der Waals surface area contributed by atoms with Gasteiger partial charge in [-0.15, -0.1) is 0 Å². The monoisotopic (exact) mass is 470 g/mol. The lowest BCUT2D eigenvalue weighted by molar-refractivity contribution is -0.127. The molecule has 1 heterocycles. The minimum atomic E-state index is -0.381. The Labute approximate surface area is 201 Å². The first-order valence-corrected chi connectivity index (χ1v) is 12.1. The Bertz CT molecular complexity index is 977. The highest BCUT2D eigenvalue weighted by Gasteiger charge is 2.31. The maximum absolute atomic E-state index is 13.3. The van der Waals surface area contributed by atoms with Gasteiger partial charge in [0.25, 0.3) is 5.91 Å². The molecule has 0 radical (unpaired) electrons. The fraction of sp³-hybridized carbons (Fsp3) is 0.481. The molecule has 2 aromatic rings. The van der Waals surface area contributed by atoms with Gasteiger partial charge in [-0.25, -0.2) is 4.39 Å². The number of likely N-dealkylation sites (tertiary alicyclic amines) is 1. The smallest absolute Gasteiger partial charge is 0.253 e. The van der Waals surface area contributed by atoms with Crippen LogP contribution in [-0.2, 0) is 4.79 Å². The van der Waals surface area contributed by atoms with Crippen molar-refractivity contribution < 1.29 is 23.5 Å². The summed E-state index contributed by atoms with van der Waals surface area (Å²) in [6.07, 6.45) is 1.46. The normalized spacial score (nSPS) is 16.8. The summed E-state index contributed by atoms with van der Waals surface area (Å²) >= 11 is 0. The minimum absolute atomic E-state index is 0.0675. The van der Waals surface area contributed by atoms with Crippen LogP contribution in [0, 0.1) is 17.7 Å². The molecule has 0 spiro atoms. The van der Waals surface area contributed by atoms with Gasteiger partial charge >= 0.3 is 0 Å². The standard InChI is InChI=1S/C27H35FN2O4/c1-5-33-23-14-11-20(16-24(23)34-6-2)25(18(3)4)29-26(31)21-8-7-15-30(17-21)27(32)19-9-12-22(28)13-10-19/h9-14,16,18,21,25H,5-8,15,17H2,1-4H3,(H,29,31)/t21-,25+/m1/s1. The molecule has 1 N–H and O–H groups in total. The van der Waals surface area contributed by atoms with Crippen LogP contribution in [0.25, 0.3) is 0 Å². The molecule has 1 saturated heterocycles. The Kier molecular flexibility index (Phi) is 8.91. The lowest BCUT2D eigenvalue weighted by Gasteiger charge is -2.33. The van der Waals surface area contributed by atoms with E-state index >= 15 is 0 Å². The van der Waals surface area contributed by atoms with E-state index in [1.165, 1.54) is 24.3 Å². The molecule has 184 valence electrons. The predicted molar refractivity (Wildman–Crippen MR) is 130 cm³/mol. The fourth-order valence-corrected chi connectivity index (χ4v) is 4.32. The van der Waals surface area contributed by atoms with Gasteiger partial charge in [0.05, 0.1) is 25.2 Å². The molecule has 7 heteroatoms. The van der Waals surface area contributed by atoms with Crippen molar-refractivity contribution in [1.82, 2.24) is 10.2 Å². The second kappa shape index (κ2) is 11.9. The van der Waals surface area contributed by atoms with Crippen molar-refractivity contribution in [2.75, 3.05) is 26.3 Å². The second-order valence-electron chi connectivity index (χ2n) is 8.90. The van der Waals surface area contributed by atoms with Crippen molar-refractivity contribution in [3.8, 4) is 11.5 Å². The van der Waals surface area contributed by atoms with Crippen LogP contribution in [0.3, 0.4) is 0 Å². The molecule has 34 heavy (non-hydrogen) atoms. The number of nitrogens with one attached hydrogen (secondary N) is 1. The number of nitrogens with zero attached hydrogens (tertiary/aromatic N) is 1. The van der Waals surface area contributed by atoms with E-state index < -0.39 is 0 Å². The van der Waals surface area contributed by atoms with E-state index in [2.05, 4.69) is 19.2 Å². The Morgan fingerprint density at radius 3 is 2.38 bits per heavy atom. The highest BCUT2D eigenvalue weighted by molar-refractivity contribution is 5.94. The van der Waals surface area contributed by atoms with Crippen LogP contribution in [0.15, 0.2) is 42.5 Å². The van der Waals surface area contributed by atoms with Crippen molar-refractivity contribution in [3.63, 3.8) is 0 Å². The summed E-state index contributed by atoms with van der Waals surface area (Å²) in [5, 5.41) is 3.21. The number of benzene rings is 2. The number of halogens is 1. The largest absolute Gasteiger partial charge is 0.490 e. The van der Waals surface area contributed by atoms with Crippen LogP contribution >= 0.6 is 0 Å². The lowest BCUT2D eigenvalue weighted by Crippen LogP contribution is -2.46. The number of carbonyl (C=O) groups is 2. The Morgan fingerprint density at radius 2 is 1.74 bits per heavy atom. The number of carbonyl (C=O) groups excluding carboxylic acids is 2. The molecule has 0 aromatic heterocycles. The van der Waals surface area contributed by atoms with Crippen molar-refractivity contribution >= 4 is 11.8 Å². The number of ether oxygens (including phenoxy) is 2. The zero-order valence-electron chi connectivity index (χ0n) is 20.5. The van der Waals surface area contributed by atoms with Gasteiger partial charge in [-0.05, 0) is 74.6 Å². The molecular weight excluding hydrogens is 435 g/mol. The molecule has 2 atom stereocenters. The number of piperidine rings is 1. The van der Waals surface area contributed by atoms with E-state index in [0.29, 0.717) is 43.4 Å². The van der Waals surface area contributed by atoms with Crippen molar-refractivity contribution in [3.05, 3.63) is 59.4 Å². The minimum Gasteiger partial charge on any atom is -0.490 e. The first-order valence-electron chi connectivity index (χ1n) is 12.1. The summed E-state index contributed by atoms with van der Waals surface area (Å²) in [5.74, 6) is 0.576. The van der Waals surface area contributed by atoms with Gasteiger partial charge < -0.3 is 19.7 Å². The van der Waals surface area contributed by atoms with E-state index in [9.17, 15) is 14.0 Å². The van der Waals surface area contributed by atoms with Gasteiger partial charge in [-0.3, -0.25) is 9.59 Å². The maximum atomic E-state index is 13.3. The highest BCUT2D eigenvalue weighted by atomic mass is 19.1. The number of hydrogen-bond acceptors (Lipinski definition) is 4. The summed E-state index contributed by atoms with van der Waals surface area (Å²) in [4.78, 5) is 27.8. The van der Waals surface area contributed by atoms with Gasteiger partial charge in [0.2, 0.25) is 5.91 Å². The molecule has 6 nitrogen and oxygen atoms in total.